The number of rotatable bonds is 4. The minimum absolute atomic E-state index is 0.0617. The number of nitrogen functional groups attached to an aromatic ring is 1. The number of carbonyl (C=O) groups is 1. The maximum absolute atomic E-state index is 11.9. The van der Waals surface area contributed by atoms with E-state index in [4.69, 9.17) is 5.73 Å². The highest BCUT2D eigenvalue weighted by molar-refractivity contribution is 7.92. The van der Waals surface area contributed by atoms with Crippen molar-refractivity contribution in [3.8, 4) is 0 Å². The zero-order valence-electron chi connectivity index (χ0n) is 12.4. The van der Waals surface area contributed by atoms with Gasteiger partial charge in [0.15, 0.2) is 9.84 Å². The number of carbonyl (C=O) groups excluding carboxylic acids is 1. The van der Waals surface area contributed by atoms with Gasteiger partial charge in [-0.05, 0) is 45.4 Å². The highest BCUT2D eigenvalue weighted by Gasteiger charge is 2.29. The van der Waals surface area contributed by atoms with Crippen LogP contribution in [0.3, 0.4) is 0 Å². The second-order valence-electron chi connectivity index (χ2n) is 5.75. The highest BCUT2D eigenvalue weighted by atomic mass is 32.2. The average molecular weight is 298 g/mol. The normalized spacial score (nSPS) is 12.2. The Hall–Kier alpha value is -1.56. The summed E-state index contributed by atoms with van der Waals surface area (Å²) in [7, 11) is -3.29. The average Bonchev–Trinajstić information content (AvgIpc) is 2.31. The molecule has 0 atom stereocenters. The number of hydrogen-bond acceptors (Lipinski definition) is 4. The van der Waals surface area contributed by atoms with Crippen molar-refractivity contribution < 1.29 is 13.2 Å². The summed E-state index contributed by atoms with van der Waals surface area (Å²) < 4.78 is 23.0. The summed E-state index contributed by atoms with van der Waals surface area (Å²) >= 11 is 0. The molecule has 0 fully saturated rings. The first-order valence-electron chi connectivity index (χ1n) is 6.42. The molecule has 0 aliphatic heterocycles. The SMILES string of the molecule is Cc1c(N)cccc1NC(=O)CCS(=O)(=O)C(C)(C)C. The summed E-state index contributed by atoms with van der Waals surface area (Å²) in [5.74, 6) is -0.490. The highest BCUT2D eigenvalue weighted by Crippen LogP contribution is 2.21. The van der Waals surface area contributed by atoms with Crippen LogP contribution in [-0.4, -0.2) is 24.8 Å². The van der Waals surface area contributed by atoms with Crippen LogP contribution >= 0.6 is 0 Å². The molecular formula is C14H22N2O3S. The van der Waals surface area contributed by atoms with Crippen molar-refractivity contribution in [3.05, 3.63) is 23.8 Å². The molecule has 20 heavy (non-hydrogen) atoms. The Morgan fingerprint density at radius 1 is 1.30 bits per heavy atom. The molecule has 1 amide bonds. The predicted molar refractivity (Wildman–Crippen MR) is 82.4 cm³/mol. The van der Waals surface area contributed by atoms with E-state index in [2.05, 4.69) is 5.32 Å². The van der Waals surface area contributed by atoms with E-state index >= 15 is 0 Å². The molecule has 0 unspecified atom stereocenters. The fraction of sp³-hybridized carbons (Fsp3) is 0.500. The second-order valence-corrected chi connectivity index (χ2v) is 8.61. The summed E-state index contributed by atoms with van der Waals surface area (Å²) in [5, 5.41) is 2.69. The largest absolute Gasteiger partial charge is 0.398 e. The predicted octanol–water partition coefficient (Wildman–Crippen LogP) is 2.12. The minimum atomic E-state index is -3.29. The minimum Gasteiger partial charge on any atom is -0.398 e. The van der Waals surface area contributed by atoms with Crippen LogP contribution in [0.1, 0.15) is 32.8 Å². The number of amides is 1. The maximum Gasteiger partial charge on any atom is 0.225 e. The third-order valence-corrected chi connectivity index (χ3v) is 5.79. The molecule has 0 spiro atoms. The van der Waals surface area contributed by atoms with E-state index in [0.29, 0.717) is 11.4 Å². The van der Waals surface area contributed by atoms with E-state index in [-0.39, 0.29) is 18.1 Å². The lowest BCUT2D eigenvalue weighted by atomic mass is 10.1. The van der Waals surface area contributed by atoms with Gasteiger partial charge in [-0.25, -0.2) is 8.42 Å². The molecule has 0 aliphatic carbocycles. The Morgan fingerprint density at radius 2 is 1.90 bits per heavy atom. The van der Waals surface area contributed by atoms with E-state index in [9.17, 15) is 13.2 Å². The van der Waals surface area contributed by atoms with Gasteiger partial charge in [-0.1, -0.05) is 6.07 Å². The first-order chi connectivity index (χ1) is 9.04. The summed E-state index contributed by atoms with van der Waals surface area (Å²) in [6, 6.07) is 5.22. The van der Waals surface area contributed by atoms with Crippen molar-refractivity contribution in [2.75, 3.05) is 16.8 Å². The molecule has 0 radical (unpaired) electrons. The van der Waals surface area contributed by atoms with Crippen LogP contribution in [0.5, 0.6) is 0 Å². The van der Waals surface area contributed by atoms with Crippen molar-refractivity contribution >= 4 is 27.1 Å². The third-order valence-electron chi connectivity index (χ3n) is 3.18. The van der Waals surface area contributed by atoms with Gasteiger partial charge in [0.2, 0.25) is 5.91 Å². The Bertz CT molecular complexity index is 601. The van der Waals surface area contributed by atoms with Crippen LogP contribution in [0.25, 0.3) is 0 Å². The van der Waals surface area contributed by atoms with Crippen LogP contribution in [0.15, 0.2) is 18.2 Å². The molecule has 0 bridgehead atoms. The van der Waals surface area contributed by atoms with Crippen LogP contribution in [-0.2, 0) is 14.6 Å². The smallest absolute Gasteiger partial charge is 0.225 e. The van der Waals surface area contributed by atoms with Gasteiger partial charge in [-0.15, -0.1) is 0 Å². The van der Waals surface area contributed by atoms with Gasteiger partial charge >= 0.3 is 0 Å². The van der Waals surface area contributed by atoms with Gasteiger partial charge in [-0.3, -0.25) is 4.79 Å². The number of anilines is 2. The Labute approximate surface area is 120 Å². The van der Waals surface area contributed by atoms with E-state index in [0.717, 1.165) is 5.56 Å². The Kier molecular flexibility index (Phi) is 4.81. The number of benzene rings is 1. The van der Waals surface area contributed by atoms with E-state index < -0.39 is 14.6 Å². The molecule has 0 heterocycles. The lowest BCUT2D eigenvalue weighted by molar-refractivity contribution is -0.115. The van der Waals surface area contributed by atoms with Crippen molar-refractivity contribution in [1.29, 1.82) is 0 Å². The number of nitrogens with one attached hydrogen (secondary N) is 1. The lowest BCUT2D eigenvalue weighted by Gasteiger charge is -2.19. The number of nitrogens with two attached hydrogens (primary N) is 1. The Balaban J connectivity index is 2.69. The van der Waals surface area contributed by atoms with Crippen molar-refractivity contribution in [3.63, 3.8) is 0 Å². The molecule has 0 saturated carbocycles. The molecule has 1 rings (SSSR count). The first kappa shape index (κ1) is 16.5. The molecule has 5 nitrogen and oxygen atoms in total. The zero-order valence-corrected chi connectivity index (χ0v) is 13.2. The van der Waals surface area contributed by atoms with Gasteiger partial charge < -0.3 is 11.1 Å². The summed E-state index contributed by atoms with van der Waals surface area (Å²) in [4.78, 5) is 11.8. The fourth-order valence-corrected chi connectivity index (χ4v) is 2.60. The van der Waals surface area contributed by atoms with Gasteiger partial charge in [0, 0.05) is 17.8 Å². The van der Waals surface area contributed by atoms with Gasteiger partial charge in [0.25, 0.3) is 0 Å². The fourth-order valence-electron chi connectivity index (χ4n) is 1.53. The maximum atomic E-state index is 11.9. The molecule has 112 valence electrons. The molecule has 0 aromatic heterocycles. The van der Waals surface area contributed by atoms with Crippen molar-refractivity contribution in [1.82, 2.24) is 0 Å². The summed E-state index contributed by atoms with van der Waals surface area (Å²) in [5.41, 5.74) is 7.73. The van der Waals surface area contributed by atoms with Gasteiger partial charge in [0.05, 0.1) is 10.5 Å². The number of sulfone groups is 1. The molecule has 1 aromatic carbocycles. The molecule has 1 aromatic rings. The monoisotopic (exact) mass is 298 g/mol. The molecule has 0 aliphatic rings. The molecular weight excluding hydrogens is 276 g/mol. The van der Waals surface area contributed by atoms with Crippen LogP contribution < -0.4 is 11.1 Å². The van der Waals surface area contributed by atoms with E-state index in [1.165, 1.54) is 0 Å². The van der Waals surface area contributed by atoms with Crippen molar-refractivity contribution in [2.24, 2.45) is 0 Å². The quantitative estimate of drug-likeness (QED) is 0.833. The second kappa shape index (κ2) is 5.83. The first-order valence-corrected chi connectivity index (χ1v) is 8.07. The van der Waals surface area contributed by atoms with Crippen LogP contribution in [0, 0.1) is 6.92 Å². The molecule has 3 N–H and O–H groups in total. The van der Waals surface area contributed by atoms with E-state index in [1.807, 2.05) is 0 Å². The van der Waals surface area contributed by atoms with E-state index in [1.54, 1.807) is 45.9 Å². The van der Waals surface area contributed by atoms with Crippen LogP contribution in [0.2, 0.25) is 0 Å². The lowest BCUT2D eigenvalue weighted by Crippen LogP contribution is -2.32. The van der Waals surface area contributed by atoms with Gasteiger partial charge in [-0.2, -0.15) is 0 Å². The standard InChI is InChI=1S/C14H22N2O3S/c1-10-11(15)6-5-7-12(10)16-13(17)8-9-20(18,19)14(2,3)4/h5-7H,8-9,15H2,1-4H3,(H,16,17). The topological polar surface area (TPSA) is 89.3 Å². The molecule has 0 saturated heterocycles. The third kappa shape index (κ3) is 3.96. The summed E-state index contributed by atoms with van der Waals surface area (Å²) in [6.45, 7) is 6.68. The summed E-state index contributed by atoms with van der Waals surface area (Å²) in [6.07, 6.45) is -0.0617. The van der Waals surface area contributed by atoms with Gasteiger partial charge in [0.1, 0.15) is 0 Å². The molecule has 6 heteroatoms. The van der Waals surface area contributed by atoms with Crippen molar-refractivity contribution in [2.45, 2.75) is 38.9 Å². The Morgan fingerprint density at radius 3 is 2.45 bits per heavy atom. The van der Waals surface area contributed by atoms with Crippen LogP contribution in [0.4, 0.5) is 11.4 Å². The zero-order chi connectivity index (χ0) is 15.6. The number of hydrogen-bond donors (Lipinski definition) is 2.